The van der Waals surface area contributed by atoms with Crippen LogP contribution < -0.4 is 11.1 Å². The summed E-state index contributed by atoms with van der Waals surface area (Å²) >= 11 is 0. The Morgan fingerprint density at radius 3 is 2.72 bits per heavy atom. The highest BCUT2D eigenvalue weighted by molar-refractivity contribution is 5.80. The van der Waals surface area contributed by atoms with Crippen molar-refractivity contribution in [3.63, 3.8) is 0 Å². The molecule has 0 saturated carbocycles. The van der Waals surface area contributed by atoms with Crippen molar-refractivity contribution in [2.24, 2.45) is 5.73 Å². The fraction of sp³-hybridized carbons (Fsp3) is 0.500. The Bertz CT molecular complexity index is 390. The average molecular weight is 249 g/mol. The van der Waals surface area contributed by atoms with Crippen LogP contribution in [0.4, 0.5) is 0 Å². The number of hydrogen-bond acceptors (Lipinski definition) is 3. The standard InChI is InChI=1S/C14H23N3O/c1-4-17(3)10-13-7-5-6-12(8-13)9-16-14(18)11(2)15/h5-8,11H,4,9-10,15H2,1-3H3,(H,16,18)/t11-/m1/s1. The molecule has 0 saturated heterocycles. The second-order valence-electron chi connectivity index (χ2n) is 4.66. The topological polar surface area (TPSA) is 58.4 Å². The number of carbonyl (C=O) groups excluding carboxylic acids is 1. The van der Waals surface area contributed by atoms with E-state index in [4.69, 9.17) is 5.73 Å². The molecule has 4 heteroatoms. The van der Waals surface area contributed by atoms with Gasteiger partial charge >= 0.3 is 0 Å². The number of hydrogen-bond donors (Lipinski definition) is 2. The summed E-state index contributed by atoms with van der Waals surface area (Å²) in [5, 5.41) is 2.82. The van der Waals surface area contributed by atoms with Crippen molar-refractivity contribution in [2.75, 3.05) is 13.6 Å². The molecule has 1 aromatic rings. The molecular formula is C14H23N3O. The summed E-state index contributed by atoms with van der Waals surface area (Å²) in [4.78, 5) is 13.6. The van der Waals surface area contributed by atoms with E-state index in [0.717, 1.165) is 18.7 Å². The SMILES string of the molecule is CCN(C)Cc1cccc(CNC(=O)[C@@H](C)N)c1. The molecule has 0 bridgehead atoms. The van der Waals surface area contributed by atoms with Gasteiger partial charge in [-0.25, -0.2) is 0 Å². The Hall–Kier alpha value is -1.39. The lowest BCUT2D eigenvalue weighted by atomic mass is 10.1. The summed E-state index contributed by atoms with van der Waals surface area (Å²) < 4.78 is 0. The van der Waals surface area contributed by atoms with Gasteiger partial charge in [-0.2, -0.15) is 0 Å². The summed E-state index contributed by atoms with van der Waals surface area (Å²) in [6.07, 6.45) is 0. The Morgan fingerprint density at radius 2 is 2.11 bits per heavy atom. The Balaban J connectivity index is 2.57. The third-order valence-corrected chi connectivity index (χ3v) is 2.86. The largest absolute Gasteiger partial charge is 0.351 e. The van der Waals surface area contributed by atoms with Crippen LogP contribution in [0.5, 0.6) is 0 Å². The summed E-state index contributed by atoms with van der Waals surface area (Å²) in [7, 11) is 2.09. The van der Waals surface area contributed by atoms with Gasteiger partial charge in [0.25, 0.3) is 0 Å². The molecule has 18 heavy (non-hydrogen) atoms. The number of nitrogens with zero attached hydrogens (tertiary/aromatic N) is 1. The van der Waals surface area contributed by atoms with Gasteiger partial charge in [-0.05, 0) is 31.6 Å². The Kier molecular flexibility index (Phi) is 5.82. The number of nitrogens with one attached hydrogen (secondary N) is 1. The molecule has 0 radical (unpaired) electrons. The molecule has 1 amide bonds. The molecule has 4 nitrogen and oxygen atoms in total. The van der Waals surface area contributed by atoms with E-state index in [0.29, 0.717) is 6.54 Å². The highest BCUT2D eigenvalue weighted by atomic mass is 16.2. The van der Waals surface area contributed by atoms with Gasteiger partial charge < -0.3 is 16.0 Å². The molecule has 0 aliphatic rings. The van der Waals surface area contributed by atoms with Crippen molar-refractivity contribution >= 4 is 5.91 Å². The number of carbonyl (C=O) groups is 1. The quantitative estimate of drug-likeness (QED) is 0.794. The van der Waals surface area contributed by atoms with Crippen molar-refractivity contribution < 1.29 is 4.79 Å². The summed E-state index contributed by atoms with van der Waals surface area (Å²) in [5.74, 6) is -0.119. The van der Waals surface area contributed by atoms with Crippen molar-refractivity contribution in [2.45, 2.75) is 33.0 Å². The van der Waals surface area contributed by atoms with Gasteiger partial charge in [0.2, 0.25) is 5.91 Å². The molecule has 0 aliphatic heterocycles. The lowest BCUT2D eigenvalue weighted by Gasteiger charge is -2.14. The zero-order chi connectivity index (χ0) is 13.5. The van der Waals surface area contributed by atoms with Crippen LogP contribution in [0.3, 0.4) is 0 Å². The van der Waals surface area contributed by atoms with Gasteiger partial charge in [-0.15, -0.1) is 0 Å². The first-order chi connectivity index (χ1) is 8.52. The molecular weight excluding hydrogens is 226 g/mol. The van der Waals surface area contributed by atoms with Crippen molar-refractivity contribution in [3.05, 3.63) is 35.4 Å². The van der Waals surface area contributed by atoms with Crippen LogP contribution in [-0.4, -0.2) is 30.4 Å². The van der Waals surface area contributed by atoms with Gasteiger partial charge in [0.1, 0.15) is 0 Å². The van der Waals surface area contributed by atoms with E-state index in [9.17, 15) is 4.79 Å². The van der Waals surface area contributed by atoms with E-state index in [1.807, 2.05) is 12.1 Å². The fourth-order valence-electron chi connectivity index (χ4n) is 1.61. The normalized spacial score (nSPS) is 12.5. The lowest BCUT2D eigenvalue weighted by Crippen LogP contribution is -2.37. The minimum atomic E-state index is -0.459. The minimum Gasteiger partial charge on any atom is -0.351 e. The van der Waals surface area contributed by atoms with Gasteiger partial charge in [-0.3, -0.25) is 4.79 Å². The lowest BCUT2D eigenvalue weighted by molar-refractivity contribution is -0.122. The number of rotatable bonds is 6. The van der Waals surface area contributed by atoms with Crippen molar-refractivity contribution in [1.82, 2.24) is 10.2 Å². The highest BCUT2D eigenvalue weighted by Crippen LogP contribution is 2.07. The zero-order valence-corrected chi connectivity index (χ0v) is 11.4. The van der Waals surface area contributed by atoms with Gasteiger partial charge in [0.05, 0.1) is 6.04 Å². The maximum absolute atomic E-state index is 11.4. The molecule has 3 N–H and O–H groups in total. The maximum atomic E-state index is 11.4. The molecule has 0 aliphatic carbocycles. The first kappa shape index (κ1) is 14.7. The predicted octanol–water partition coefficient (Wildman–Crippen LogP) is 1.10. The van der Waals surface area contributed by atoms with Crippen LogP contribution in [0.15, 0.2) is 24.3 Å². The van der Waals surface area contributed by atoms with E-state index in [1.54, 1.807) is 6.92 Å². The minimum absolute atomic E-state index is 0.119. The molecule has 0 aromatic heterocycles. The first-order valence-electron chi connectivity index (χ1n) is 6.32. The first-order valence-corrected chi connectivity index (χ1v) is 6.32. The second-order valence-corrected chi connectivity index (χ2v) is 4.66. The van der Waals surface area contributed by atoms with Crippen molar-refractivity contribution in [3.8, 4) is 0 Å². The monoisotopic (exact) mass is 249 g/mol. The third kappa shape index (κ3) is 4.85. The molecule has 1 aromatic carbocycles. The van der Waals surface area contributed by atoms with Gasteiger partial charge in [0, 0.05) is 13.1 Å². The van der Waals surface area contributed by atoms with Crippen LogP contribution >= 0.6 is 0 Å². The Labute approximate surface area is 109 Å². The third-order valence-electron chi connectivity index (χ3n) is 2.86. The maximum Gasteiger partial charge on any atom is 0.236 e. The fourth-order valence-corrected chi connectivity index (χ4v) is 1.61. The average Bonchev–Trinajstić information content (AvgIpc) is 2.36. The molecule has 0 fully saturated rings. The molecule has 100 valence electrons. The van der Waals surface area contributed by atoms with E-state index < -0.39 is 6.04 Å². The highest BCUT2D eigenvalue weighted by Gasteiger charge is 2.06. The number of amides is 1. The van der Waals surface area contributed by atoms with Gasteiger partial charge in [-0.1, -0.05) is 31.2 Å². The molecule has 1 rings (SSSR count). The molecule has 0 unspecified atom stereocenters. The molecule has 0 heterocycles. The van der Waals surface area contributed by atoms with Crippen LogP contribution in [0, 0.1) is 0 Å². The van der Waals surface area contributed by atoms with Crippen molar-refractivity contribution in [1.29, 1.82) is 0 Å². The van der Waals surface area contributed by atoms with Gasteiger partial charge in [0.15, 0.2) is 0 Å². The summed E-state index contributed by atoms with van der Waals surface area (Å²) in [6.45, 7) is 6.29. The molecule has 0 spiro atoms. The van der Waals surface area contributed by atoms with E-state index in [-0.39, 0.29) is 5.91 Å². The number of benzene rings is 1. The zero-order valence-electron chi connectivity index (χ0n) is 11.4. The Morgan fingerprint density at radius 1 is 1.44 bits per heavy atom. The smallest absolute Gasteiger partial charge is 0.236 e. The predicted molar refractivity (Wildman–Crippen MR) is 73.9 cm³/mol. The van der Waals surface area contributed by atoms with Crippen LogP contribution in [0.25, 0.3) is 0 Å². The van der Waals surface area contributed by atoms with Crippen LogP contribution in [-0.2, 0) is 17.9 Å². The van der Waals surface area contributed by atoms with E-state index >= 15 is 0 Å². The number of nitrogens with two attached hydrogens (primary N) is 1. The second kappa shape index (κ2) is 7.13. The van der Waals surface area contributed by atoms with Crippen LogP contribution in [0.1, 0.15) is 25.0 Å². The van der Waals surface area contributed by atoms with E-state index in [2.05, 4.69) is 36.3 Å². The summed E-state index contributed by atoms with van der Waals surface area (Å²) in [5.41, 5.74) is 7.85. The van der Waals surface area contributed by atoms with E-state index in [1.165, 1.54) is 5.56 Å². The molecule has 1 atom stereocenters. The van der Waals surface area contributed by atoms with Crippen LogP contribution in [0.2, 0.25) is 0 Å². The summed E-state index contributed by atoms with van der Waals surface area (Å²) in [6, 6.07) is 7.79.